The van der Waals surface area contributed by atoms with Gasteiger partial charge in [-0.05, 0) is 37.0 Å². The van der Waals surface area contributed by atoms with E-state index in [1.54, 1.807) is 24.8 Å². The first kappa shape index (κ1) is 17.2. The van der Waals surface area contributed by atoms with E-state index >= 15 is 0 Å². The van der Waals surface area contributed by atoms with Crippen molar-refractivity contribution >= 4 is 55.9 Å². The monoisotopic (exact) mass is 414 g/mol. The van der Waals surface area contributed by atoms with Gasteiger partial charge in [0, 0.05) is 47.0 Å². The fourth-order valence-electron chi connectivity index (χ4n) is 4.10. The van der Waals surface area contributed by atoms with E-state index in [2.05, 4.69) is 39.0 Å². The van der Waals surface area contributed by atoms with Crippen LogP contribution in [-0.4, -0.2) is 39.0 Å². The standard InChI is InChI=1S/C20H14N8OS/c1-9-13-17(23-7-5-21-13)11(19-15(9)25-29-26-19)3-4-12-18-14(22-6-8-24-18)10(2)16-20(12)28-30-27-16/h5-8H,3-4H2,1-2H3. The van der Waals surface area contributed by atoms with Gasteiger partial charge in [-0.15, -0.1) is 0 Å². The molecule has 0 bridgehead atoms. The van der Waals surface area contributed by atoms with Crippen LogP contribution in [0.25, 0.3) is 44.1 Å². The Balaban J connectivity index is 1.57. The normalized spacial score (nSPS) is 11.9. The SMILES string of the molecule is Cc1c2nccnc2c(CCc2c3nccnc3c(C)c3nsnc23)c2nonc12. The predicted molar refractivity (Wildman–Crippen MR) is 112 cm³/mol. The summed E-state index contributed by atoms with van der Waals surface area (Å²) in [5, 5.41) is 8.25. The number of aryl methyl sites for hydroxylation is 4. The van der Waals surface area contributed by atoms with Gasteiger partial charge in [0.2, 0.25) is 0 Å². The van der Waals surface area contributed by atoms with Crippen LogP contribution in [0.1, 0.15) is 22.3 Å². The van der Waals surface area contributed by atoms with Crippen molar-refractivity contribution in [3.05, 3.63) is 47.0 Å². The molecule has 4 aromatic heterocycles. The summed E-state index contributed by atoms with van der Waals surface area (Å²) in [6.07, 6.45) is 8.13. The van der Waals surface area contributed by atoms with Crippen LogP contribution in [0.5, 0.6) is 0 Å². The number of hydrogen-bond donors (Lipinski definition) is 0. The first-order valence-corrected chi connectivity index (χ1v) is 10.2. The van der Waals surface area contributed by atoms with E-state index in [0.29, 0.717) is 18.4 Å². The van der Waals surface area contributed by atoms with Crippen LogP contribution < -0.4 is 0 Å². The first-order valence-electron chi connectivity index (χ1n) is 9.43. The Hall–Kier alpha value is -3.66. The van der Waals surface area contributed by atoms with E-state index in [1.807, 2.05) is 13.8 Å². The molecule has 0 fully saturated rings. The van der Waals surface area contributed by atoms with Gasteiger partial charge in [0.25, 0.3) is 0 Å². The maximum Gasteiger partial charge on any atom is 0.141 e. The van der Waals surface area contributed by atoms with Crippen LogP contribution in [0.15, 0.2) is 29.4 Å². The Morgan fingerprint density at radius 1 is 0.600 bits per heavy atom. The number of fused-ring (bicyclic) bond motifs is 4. The molecule has 10 heteroatoms. The maximum absolute atomic E-state index is 5.05. The van der Waals surface area contributed by atoms with E-state index in [9.17, 15) is 0 Å². The third kappa shape index (κ3) is 2.34. The van der Waals surface area contributed by atoms with E-state index in [1.165, 1.54) is 11.7 Å². The number of aromatic nitrogens is 8. The van der Waals surface area contributed by atoms with Crippen molar-refractivity contribution in [1.29, 1.82) is 0 Å². The van der Waals surface area contributed by atoms with Gasteiger partial charge in [0.1, 0.15) is 22.1 Å². The van der Waals surface area contributed by atoms with E-state index in [-0.39, 0.29) is 0 Å². The molecular formula is C20H14N8OS. The molecule has 4 heterocycles. The zero-order valence-corrected chi connectivity index (χ0v) is 16.9. The highest BCUT2D eigenvalue weighted by molar-refractivity contribution is 7.00. The van der Waals surface area contributed by atoms with Gasteiger partial charge in [0.05, 0.1) is 33.8 Å². The Morgan fingerprint density at radius 3 is 1.77 bits per heavy atom. The predicted octanol–water partition coefficient (Wildman–Crippen LogP) is 3.52. The molecular weight excluding hydrogens is 400 g/mol. The zero-order chi connectivity index (χ0) is 20.2. The zero-order valence-electron chi connectivity index (χ0n) is 16.1. The van der Waals surface area contributed by atoms with E-state index in [0.717, 1.165) is 60.9 Å². The highest BCUT2D eigenvalue weighted by Crippen LogP contribution is 2.32. The number of benzene rings is 2. The van der Waals surface area contributed by atoms with Gasteiger partial charge in [-0.25, -0.2) is 4.63 Å². The van der Waals surface area contributed by atoms with Gasteiger partial charge in [-0.2, -0.15) is 8.75 Å². The molecule has 0 radical (unpaired) electrons. The van der Waals surface area contributed by atoms with Crippen LogP contribution in [0.4, 0.5) is 0 Å². The van der Waals surface area contributed by atoms with Crippen molar-refractivity contribution in [3.8, 4) is 0 Å². The third-order valence-electron chi connectivity index (χ3n) is 5.56. The minimum Gasteiger partial charge on any atom is -0.253 e. The second-order valence-corrected chi connectivity index (χ2v) is 7.67. The molecule has 0 aliphatic rings. The van der Waals surface area contributed by atoms with Crippen LogP contribution in [0, 0.1) is 13.8 Å². The molecule has 9 nitrogen and oxygen atoms in total. The molecule has 6 rings (SSSR count). The molecule has 0 N–H and O–H groups in total. The van der Waals surface area contributed by atoms with Gasteiger partial charge in [0.15, 0.2) is 0 Å². The van der Waals surface area contributed by atoms with Crippen molar-refractivity contribution in [2.45, 2.75) is 26.7 Å². The lowest BCUT2D eigenvalue weighted by atomic mass is 9.96. The van der Waals surface area contributed by atoms with Crippen molar-refractivity contribution in [2.75, 3.05) is 0 Å². The van der Waals surface area contributed by atoms with Gasteiger partial charge < -0.3 is 0 Å². The summed E-state index contributed by atoms with van der Waals surface area (Å²) in [4.78, 5) is 18.3. The number of nitrogens with zero attached hydrogens (tertiary/aromatic N) is 8. The highest BCUT2D eigenvalue weighted by atomic mass is 32.1. The highest BCUT2D eigenvalue weighted by Gasteiger charge is 2.21. The molecule has 2 aromatic carbocycles. The molecule has 6 aromatic rings. The molecule has 30 heavy (non-hydrogen) atoms. The first-order chi connectivity index (χ1) is 14.7. The van der Waals surface area contributed by atoms with Crippen molar-refractivity contribution in [1.82, 2.24) is 39.0 Å². The minimum absolute atomic E-state index is 0.654. The second-order valence-electron chi connectivity index (χ2n) is 7.14. The van der Waals surface area contributed by atoms with Crippen LogP contribution in [0.3, 0.4) is 0 Å². The summed E-state index contributed by atoms with van der Waals surface area (Å²) in [6, 6.07) is 0. The number of hydrogen-bond acceptors (Lipinski definition) is 10. The molecule has 0 saturated heterocycles. The quantitative estimate of drug-likeness (QED) is 0.429. The van der Waals surface area contributed by atoms with Crippen molar-refractivity contribution in [2.24, 2.45) is 0 Å². The summed E-state index contributed by atoms with van der Waals surface area (Å²) in [5.74, 6) is 0. The maximum atomic E-state index is 5.05. The topological polar surface area (TPSA) is 116 Å². The van der Waals surface area contributed by atoms with Crippen LogP contribution >= 0.6 is 11.7 Å². The van der Waals surface area contributed by atoms with Gasteiger partial charge in [-0.1, -0.05) is 0 Å². The van der Waals surface area contributed by atoms with Crippen LogP contribution in [-0.2, 0) is 12.8 Å². The Kier molecular flexibility index (Phi) is 3.69. The molecule has 0 atom stereocenters. The lowest BCUT2D eigenvalue weighted by Gasteiger charge is -2.11. The fourth-order valence-corrected chi connectivity index (χ4v) is 4.73. The summed E-state index contributed by atoms with van der Waals surface area (Å²) < 4.78 is 14.1. The third-order valence-corrected chi connectivity index (χ3v) is 6.09. The Bertz CT molecular complexity index is 1470. The molecule has 0 unspecified atom stereocenters. The largest absolute Gasteiger partial charge is 0.253 e. The average Bonchev–Trinajstić information content (AvgIpc) is 3.46. The fraction of sp³-hybridized carbons (Fsp3) is 0.200. The smallest absolute Gasteiger partial charge is 0.141 e. The van der Waals surface area contributed by atoms with Crippen molar-refractivity contribution in [3.63, 3.8) is 0 Å². The molecule has 0 aliphatic carbocycles. The van der Waals surface area contributed by atoms with Crippen molar-refractivity contribution < 1.29 is 4.63 Å². The Labute approximate surface area is 173 Å². The molecule has 0 amide bonds. The summed E-state index contributed by atoms with van der Waals surface area (Å²) in [5.41, 5.74) is 10.4. The summed E-state index contributed by atoms with van der Waals surface area (Å²) in [6.45, 7) is 3.97. The van der Waals surface area contributed by atoms with Gasteiger partial charge in [-0.3, -0.25) is 19.9 Å². The Morgan fingerprint density at radius 2 is 1.10 bits per heavy atom. The second kappa shape index (κ2) is 6.42. The average molecular weight is 414 g/mol. The molecule has 0 saturated carbocycles. The summed E-state index contributed by atoms with van der Waals surface area (Å²) in [7, 11) is 0. The lowest BCUT2D eigenvalue weighted by molar-refractivity contribution is 0.315. The molecule has 0 spiro atoms. The van der Waals surface area contributed by atoms with E-state index in [4.69, 9.17) is 4.63 Å². The molecule has 146 valence electrons. The van der Waals surface area contributed by atoms with Gasteiger partial charge >= 0.3 is 0 Å². The summed E-state index contributed by atoms with van der Waals surface area (Å²) >= 11 is 1.21. The van der Waals surface area contributed by atoms with E-state index < -0.39 is 0 Å². The van der Waals surface area contributed by atoms with Crippen LogP contribution in [0.2, 0.25) is 0 Å². The lowest BCUT2D eigenvalue weighted by Crippen LogP contribution is -2.02. The minimum atomic E-state index is 0.654. The number of rotatable bonds is 3. The molecule has 0 aliphatic heterocycles.